The summed E-state index contributed by atoms with van der Waals surface area (Å²) in [4.78, 5) is 6.74. The van der Waals surface area contributed by atoms with E-state index in [0.29, 0.717) is 11.3 Å². The molecule has 2 rings (SSSR count). The summed E-state index contributed by atoms with van der Waals surface area (Å²) in [5, 5.41) is 7.77. The molecule has 0 aliphatic carbocycles. The van der Waals surface area contributed by atoms with Crippen molar-refractivity contribution in [3.8, 4) is 0 Å². The molecule has 0 bridgehead atoms. The van der Waals surface area contributed by atoms with Crippen molar-refractivity contribution in [3.05, 3.63) is 23.4 Å². The third-order valence-corrected chi connectivity index (χ3v) is 4.12. The number of aromatic nitrogens is 1. The lowest BCUT2D eigenvalue weighted by Crippen LogP contribution is -2.28. The van der Waals surface area contributed by atoms with Crippen LogP contribution in [0.1, 0.15) is 38.3 Å². The standard InChI is InChI=1S/C15H24N4/c1-10-5-7-18-14(12(10)13(16)17)19-8-6-11(9-19)15(2,3)4/h5,7,11H,6,8-9H2,1-4H3,(H3,16,17). The molecule has 1 fully saturated rings. The Labute approximate surface area is 115 Å². The minimum Gasteiger partial charge on any atom is -0.384 e. The lowest BCUT2D eigenvalue weighted by Gasteiger charge is -2.28. The van der Waals surface area contributed by atoms with E-state index in [1.807, 2.05) is 19.2 Å². The average Bonchev–Trinajstić information content (AvgIpc) is 2.76. The Bertz CT molecular complexity index is 487. The van der Waals surface area contributed by atoms with Gasteiger partial charge in [-0.05, 0) is 36.3 Å². The van der Waals surface area contributed by atoms with Crippen LogP contribution in [0.4, 0.5) is 5.82 Å². The summed E-state index contributed by atoms with van der Waals surface area (Å²) in [5.74, 6) is 1.65. The summed E-state index contributed by atoms with van der Waals surface area (Å²) in [7, 11) is 0. The second kappa shape index (κ2) is 4.83. The number of nitrogens with two attached hydrogens (primary N) is 1. The number of nitrogens with zero attached hydrogens (tertiary/aromatic N) is 2. The number of amidine groups is 1. The van der Waals surface area contributed by atoms with Gasteiger partial charge in [0, 0.05) is 19.3 Å². The third kappa shape index (κ3) is 2.72. The molecule has 0 aromatic carbocycles. The number of rotatable bonds is 2. The van der Waals surface area contributed by atoms with Gasteiger partial charge < -0.3 is 10.6 Å². The summed E-state index contributed by atoms with van der Waals surface area (Å²) in [6, 6.07) is 1.91. The number of hydrogen-bond acceptors (Lipinski definition) is 3. The van der Waals surface area contributed by atoms with Gasteiger partial charge in [0.1, 0.15) is 11.7 Å². The summed E-state index contributed by atoms with van der Waals surface area (Å²) < 4.78 is 0. The highest BCUT2D eigenvalue weighted by Crippen LogP contribution is 2.36. The van der Waals surface area contributed by atoms with Gasteiger partial charge in [0.2, 0.25) is 0 Å². The monoisotopic (exact) mass is 260 g/mol. The molecule has 4 nitrogen and oxygen atoms in total. The van der Waals surface area contributed by atoms with Gasteiger partial charge in [0.25, 0.3) is 0 Å². The maximum Gasteiger partial charge on any atom is 0.139 e. The second-order valence-corrected chi connectivity index (χ2v) is 6.54. The van der Waals surface area contributed by atoms with Gasteiger partial charge in [-0.25, -0.2) is 4.98 Å². The molecule has 1 saturated heterocycles. The van der Waals surface area contributed by atoms with Crippen LogP contribution < -0.4 is 10.6 Å². The van der Waals surface area contributed by atoms with E-state index in [1.54, 1.807) is 0 Å². The zero-order valence-electron chi connectivity index (χ0n) is 12.3. The predicted molar refractivity (Wildman–Crippen MR) is 79.8 cm³/mol. The Morgan fingerprint density at radius 3 is 2.68 bits per heavy atom. The number of anilines is 1. The van der Waals surface area contributed by atoms with Gasteiger partial charge in [0.15, 0.2) is 0 Å². The molecule has 1 aliphatic heterocycles. The first-order valence-electron chi connectivity index (χ1n) is 6.85. The molecule has 3 N–H and O–H groups in total. The lowest BCUT2D eigenvalue weighted by atomic mass is 9.80. The third-order valence-electron chi connectivity index (χ3n) is 4.12. The van der Waals surface area contributed by atoms with E-state index in [4.69, 9.17) is 11.1 Å². The van der Waals surface area contributed by atoms with Crippen LogP contribution in [0.15, 0.2) is 12.3 Å². The SMILES string of the molecule is Cc1ccnc(N2CCC(C(C)(C)C)C2)c1C(=N)N. The lowest BCUT2D eigenvalue weighted by molar-refractivity contribution is 0.263. The van der Waals surface area contributed by atoms with E-state index < -0.39 is 0 Å². The van der Waals surface area contributed by atoms with Gasteiger partial charge in [-0.3, -0.25) is 5.41 Å². The van der Waals surface area contributed by atoms with E-state index in [1.165, 1.54) is 6.42 Å². The molecule has 2 heterocycles. The Morgan fingerprint density at radius 1 is 1.47 bits per heavy atom. The Balaban J connectivity index is 2.30. The molecule has 1 unspecified atom stereocenters. The van der Waals surface area contributed by atoms with Gasteiger partial charge in [-0.2, -0.15) is 0 Å². The predicted octanol–water partition coefficient (Wildman–Crippen LogP) is 2.55. The van der Waals surface area contributed by atoms with Gasteiger partial charge >= 0.3 is 0 Å². The van der Waals surface area contributed by atoms with Crippen LogP contribution in [-0.2, 0) is 0 Å². The molecular weight excluding hydrogens is 236 g/mol. The topological polar surface area (TPSA) is 66.0 Å². The fraction of sp³-hybridized carbons (Fsp3) is 0.600. The number of aryl methyl sites for hydroxylation is 1. The van der Waals surface area contributed by atoms with Crippen molar-refractivity contribution in [2.24, 2.45) is 17.1 Å². The Hall–Kier alpha value is -1.58. The van der Waals surface area contributed by atoms with Crippen molar-refractivity contribution in [2.75, 3.05) is 18.0 Å². The van der Waals surface area contributed by atoms with Crippen LogP contribution >= 0.6 is 0 Å². The fourth-order valence-corrected chi connectivity index (χ4v) is 2.78. The molecule has 1 atom stereocenters. The van der Waals surface area contributed by atoms with E-state index in [2.05, 4.69) is 30.7 Å². The van der Waals surface area contributed by atoms with Crippen molar-refractivity contribution in [2.45, 2.75) is 34.1 Å². The molecule has 0 radical (unpaired) electrons. The molecule has 1 aromatic rings. The first kappa shape index (κ1) is 13.8. The first-order chi connectivity index (χ1) is 8.80. The van der Waals surface area contributed by atoms with Crippen LogP contribution in [0.2, 0.25) is 0 Å². The molecular formula is C15H24N4. The summed E-state index contributed by atoms with van der Waals surface area (Å²) in [6.45, 7) is 10.8. The second-order valence-electron chi connectivity index (χ2n) is 6.54. The maximum absolute atomic E-state index is 7.77. The van der Waals surface area contributed by atoms with Crippen molar-refractivity contribution < 1.29 is 0 Å². The van der Waals surface area contributed by atoms with Crippen molar-refractivity contribution in [3.63, 3.8) is 0 Å². The highest BCUT2D eigenvalue weighted by Gasteiger charge is 2.33. The quantitative estimate of drug-likeness (QED) is 0.634. The number of hydrogen-bond donors (Lipinski definition) is 2. The van der Waals surface area contributed by atoms with Gasteiger partial charge in [-0.15, -0.1) is 0 Å². The molecule has 19 heavy (non-hydrogen) atoms. The van der Waals surface area contributed by atoms with Crippen LogP contribution in [-0.4, -0.2) is 23.9 Å². The van der Waals surface area contributed by atoms with Crippen LogP contribution in [0.3, 0.4) is 0 Å². The molecule has 1 aliphatic rings. The molecule has 4 heteroatoms. The highest BCUT2D eigenvalue weighted by atomic mass is 15.2. The molecule has 0 saturated carbocycles. The zero-order valence-corrected chi connectivity index (χ0v) is 12.3. The van der Waals surface area contributed by atoms with Crippen LogP contribution in [0.25, 0.3) is 0 Å². The minimum atomic E-state index is 0.111. The summed E-state index contributed by atoms with van der Waals surface area (Å²) >= 11 is 0. The van der Waals surface area contributed by atoms with Crippen LogP contribution in [0, 0.1) is 23.7 Å². The van der Waals surface area contributed by atoms with Crippen molar-refractivity contribution in [1.82, 2.24) is 4.98 Å². The Morgan fingerprint density at radius 2 is 2.16 bits per heavy atom. The average molecular weight is 260 g/mol. The highest BCUT2D eigenvalue weighted by molar-refractivity contribution is 6.01. The Kier molecular flexibility index (Phi) is 3.52. The van der Waals surface area contributed by atoms with Crippen LogP contribution in [0.5, 0.6) is 0 Å². The van der Waals surface area contributed by atoms with Crippen molar-refractivity contribution in [1.29, 1.82) is 5.41 Å². The van der Waals surface area contributed by atoms with E-state index in [0.717, 1.165) is 30.0 Å². The fourth-order valence-electron chi connectivity index (χ4n) is 2.78. The number of nitrogen functional groups attached to an aromatic ring is 1. The van der Waals surface area contributed by atoms with Gasteiger partial charge in [-0.1, -0.05) is 20.8 Å². The minimum absolute atomic E-state index is 0.111. The molecule has 0 amide bonds. The summed E-state index contributed by atoms with van der Waals surface area (Å²) in [6.07, 6.45) is 2.98. The van der Waals surface area contributed by atoms with E-state index >= 15 is 0 Å². The van der Waals surface area contributed by atoms with Gasteiger partial charge in [0.05, 0.1) is 5.56 Å². The molecule has 104 valence electrons. The van der Waals surface area contributed by atoms with E-state index in [-0.39, 0.29) is 5.84 Å². The smallest absolute Gasteiger partial charge is 0.139 e. The number of nitrogens with one attached hydrogen (secondary N) is 1. The number of pyridine rings is 1. The molecule has 1 aromatic heterocycles. The molecule has 0 spiro atoms. The normalized spacial score (nSPS) is 19.8. The first-order valence-corrected chi connectivity index (χ1v) is 6.85. The maximum atomic E-state index is 7.77. The zero-order chi connectivity index (χ0) is 14.2. The van der Waals surface area contributed by atoms with E-state index in [9.17, 15) is 0 Å². The van der Waals surface area contributed by atoms with Crippen molar-refractivity contribution >= 4 is 11.7 Å². The largest absolute Gasteiger partial charge is 0.384 e. The summed E-state index contributed by atoms with van der Waals surface area (Å²) in [5.41, 5.74) is 7.85.